The molecular formula is C17H9ClN2O2S. The maximum Gasteiger partial charge on any atom is 0.210 e. The fourth-order valence-electron chi connectivity index (χ4n) is 2.25. The second-order valence-corrected chi connectivity index (χ2v) is 6.33. The third kappa shape index (κ3) is 2.65. The summed E-state index contributed by atoms with van der Waals surface area (Å²) in [5.74, 6) is 0. The van der Waals surface area contributed by atoms with Crippen LogP contribution in [0.5, 0.6) is 0 Å². The van der Waals surface area contributed by atoms with Gasteiger partial charge in [-0.15, -0.1) is 0 Å². The van der Waals surface area contributed by atoms with Crippen molar-refractivity contribution in [3.8, 4) is 0 Å². The van der Waals surface area contributed by atoms with Crippen LogP contribution in [0.15, 0.2) is 62.9 Å². The Morgan fingerprint density at radius 3 is 2.96 bits per heavy atom. The highest BCUT2D eigenvalue weighted by atomic mass is 35.5. The molecule has 0 N–H and O–H groups in total. The number of para-hydroxylation sites is 1. The summed E-state index contributed by atoms with van der Waals surface area (Å²) in [6, 6.07) is 12.7. The summed E-state index contributed by atoms with van der Waals surface area (Å²) in [6.07, 6.45) is 2.87. The minimum atomic E-state index is -0.168. The summed E-state index contributed by atoms with van der Waals surface area (Å²) >= 11 is 7.40. The van der Waals surface area contributed by atoms with Crippen molar-refractivity contribution >= 4 is 55.5 Å². The summed E-state index contributed by atoms with van der Waals surface area (Å²) in [6.45, 7) is 0. The van der Waals surface area contributed by atoms with Crippen LogP contribution in [-0.2, 0) is 0 Å². The first-order chi connectivity index (χ1) is 11.2. The fourth-order valence-corrected chi connectivity index (χ4v) is 3.23. The van der Waals surface area contributed by atoms with Crippen LogP contribution in [0.2, 0.25) is 5.02 Å². The lowest BCUT2D eigenvalue weighted by atomic mass is 10.2. The summed E-state index contributed by atoms with van der Waals surface area (Å²) < 4.78 is 6.51. The van der Waals surface area contributed by atoms with E-state index in [1.165, 1.54) is 23.8 Å². The first-order valence-corrected chi connectivity index (χ1v) is 8.01. The predicted octanol–water partition coefficient (Wildman–Crippen LogP) is 4.81. The van der Waals surface area contributed by atoms with E-state index in [4.69, 9.17) is 16.0 Å². The fraction of sp³-hybridized carbons (Fsp3) is 0. The molecule has 4 rings (SSSR count). The first-order valence-electron chi connectivity index (χ1n) is 6.81. The third-order valence-electron chi connectivity index (χ3n) is 3.36. The molecule has 0 fully saturated rings. The smallest absolute Gasteiger partial charge is 0.210 e. The average Bonchev–Trinajstić information content (AvgIpc) is 2.97. The van der Waals surface area contributed by atoms with E-state index < -0.39 is 0 Å². The van der Waals surface area contributed by atoms with Gasteiger partial charge in [0, 0.05) is 11.2 Å². The van der Waals surface area contributed by atoms with Gasteiger partial charge in [0.15, 0.2) is 0 Å². The Hall–Kier alpha value is -2.50. The van der Waals surface area contributed by atoms with Gasteiger partial charge in [-0.3, -0.25) is 4.79 Å². The highest BCUT2D eigenvalue weighted by Crippen LogP contribution is 2.27. The Balaban J connectivity index is 1.77. The molecule has 6 heteroatoms. The minimum absolute atomic E-state index is 0.168. The number of fused-ring (bicyclic) bond motifs is 2. The Bertz CT molecular complexity index is 1080. The number of hydrogen-bond acceptors (Lipinski definition) is 5. The monoisotopic (exact) mass is 340 g/mol. The van der Waals surface area contributed by atoms with Crippen LogP contribution in [0.25, 0.3) is 21.2 Å². The molecule has 0 unspecified atom stereocenters. The molecule has 0 saturated carbocycles. The number of rotatable bonds is 2. The average molecular weight is 341 g/mol. The number of hydrogen-bond donors (Lipinski definition) is 0. The van der Waals surface area contributed by atoms with Gasteiger partial charge in [-0.05, 0) is 30.3 Å². The maximum atomic E-state index is 12.4. The predicted molar refractivity (Wildman–Crippen MR) is 94.4 cm³/mol. The van der Waals surface area contributed by atoms with Crippen molar-refractivity contribution in [2.75, 3.05) is 0 Å². The molecule has 23 heavy (non-hydrogen) atoms. The van der Waals surface area contributed by atoms with Crippen LogP contribution in [0.4, 0.5) is 5.13 Å². The van der Waals surface area contributed by atoms with Crippen LogP contribution in [-0.4, -0.2) is 11.2 Å². The van der Waals surface area contributed by atoms with Crippen molar-refractivity contribution in [1.82, 2.24) is 4.98 Å². The van der Waals surface area contributed by atoms with Crippen molar-refractivity contribution in [2.24, 2.45) is 4.99 Å². The Labute approximate surface area is 139 Å². The van der Waals surface area contributed by atoms with E-state index >= 15 is 0 Å². The van der Waals surface area contributed by atoms with Crippen molar-refractivity contribution < 1.29 is 4.42 Å². The second-order valence-electron chi connectivity index (χ2n) is 4.88. The molecule has 0 spiro atoms. The lowest BCUT2D eigenvalue weighted by Crippen LogP contribution is -2.07. The molecular weight excluding hydrogens is 332 g/mol. The van der Waals surface area contributed by atoms with E-state index in [2.05, 4.69) is 9.98 Å². The molecule has 0 aliphatic heterocycles. The number of aromatic nitrogens is 1. The topological polar surface area (TPSA) is 55.5 Å². The number of benzene rings is 2. The van der Waals surface area contributed by atoms with Crippen molar-refractivity contribution in [2.45, 2.75) is 0 Å². The molecule has 0 radical (unpaired) electrons. The van der Waals surface area contributed by atoms with E-state index in [1.54, 1.807) is 18.2 Å². The number of nitrogens with zero attached hydrogens (tertiary/aromatic N) is 2. The molecule has 2 heterocycles. The van der Waals surface area contributed by atoms with Crippen molar-refractivity contribution in [1.29, 1.82) is 0 Å². The number of aliphatic imine (C=N–C) groups is 1. The van der Waals surface area contributed by atoms with Crippen molar-refractivity contribution in [3.63, 3.8) is 0 Å². The Kier molecular flexibility index (Phi) is 3.44. The second kappa shape index (κ2) is 5.61. The van der Waals surface area contributed by atoms with Gasteiger partial charge in [0.25, 0.3) is 0 Å². The molecule has 0 amide bonds. The van der Waals surface area contributed by atoms with Crippen molar-refractivity contribution in [3.05, 3.63) is 69.5 Å². The van der Waals surface area contributed by atoms with Gasteiger partial charge in [0.1, 0.15) is 11.8 Å². The zero-order chi connectivity index (χ0) is 15.8. The van der Waals surface area contributed by atoms with Gasteiger partial charge >= 0.3 is 0 Å². The number of thiazole rings is 1. The van der Waals surface area contributed by atoms with Crippen LogP contribution in [0.1, 0.15) is 5.56 Å². The largest absolute Gasteiger partial charge is 0.463 e. The summed E-state index contributed by atoms with van der Waals surface area (Å²) in [4.78, 5) is 21.1. The van der Waals surface area contributed by atoms with Crippen LogP contribution < -0.4 is 5.43 Å². The molecule has 4 nitrogen and oxygen atoms in total. The molecule has 0 atom stereocenters. The normalized spacial score (nSPS) is 11.7. The van der Waals surface area contributed by atoms with Gasteiger partial charge in [-0.25, -0.2) is 9.98 Å². The van der Waals surface area contributed by atoms with E-state index in [0.717, 1.165) is 10.2 Å². The zero-order valence-electron chi connectivity index (χ0n) is 11.7. The zero-order valence-corrected chi connectivity index (χ0v) is 13.3. The molecule has 2 aromatic heterocycles. The Morgan fingerprint density at radius 2 is 2.09 bits per heavy atom. The first kappa shape index (κ1) is 14.1. The van der Waals surface area contributed by atoms with Crippen LogP contribution in [0, 0.1) is 0 Å². The molecule has 4 aromatic rings. The molecule has 0 aliphatic carbocycles. The van der Waals surface area contributed by atoms with Gasteiger partial charge < -0.3 is 4.42 Å². The van der Waals surface area contributed by atoms with E-state index in [1.807, 2.05) is 24.3 Å². The standard InChI is InChI=1S/C17H9ClN2O2S/c18-11-5-6-14-12(7-11)16(21)10(9-22-14)8-19-17-20-13-3-1-2-4-15(13)23-17/h1-9H/b19-8+. The van der Waals surface area contributed by atoms with Gasteiger partial charge in [0.2, 0.25) is 10.6 Å². The molecule has 112 valence electrons. The quantitative estimate of drug-likeness (QED) is 0.492. The van der Waals surface area contributed by atoms with E-state index in [-0.39, 0.29) is 5.43 Å². The lowest BCUT2D eigenvalue weighted by Gasteiger charge is -1.98. The Morgan fingerprint density at radius 1 is 1.22 bits per heavy atom. The molecule has 0 saturated heterocycles. The lowest BCUT2D eigenvalue weighted by molar-refractivity contribution is 0.601. The van der Waals surface area contributed by atoms with E-state index in [0.29, 0.717) is 26.7 Å². The van der Waals surface area contributed by atoms with Crippen LogP contribution in [0.3, 0.4) is 0 Å². The highest BCUT2D eigenvalue weighted by molar-refractivity contribution is 7.22. The molecule has 2 aromatic carbocycles. The van der Waals surface area contributed by atoms with Gasteiger partial charge in [-0.2, -0.15) is 0 Å². The maximum absolute atomic E-state index is 12.4. The van der Waals surface area contributed by atoms with E-state index in [9.17, 15) is 4.79 Å². The van der Waals surface area contributed by atoms with Gasteiger partial charge in [-0.1, -0.05) is 35.1 Å². The highest BCUT2D eigenvalue weighted by Gasteiger charge is 2.07. The summed E-state index contributed by atoms with van der Waals surface area (Å²) in [7, 11) is 0. The number of halogens is 1. The van der Waals surface area contributed by atoms with Gasteiger partial charge in [0.05, 0.1) is 21.2 Å². The SMILES string of the molecule is O=c1c(/C=N/c2nc3ccccc3s2)coc2ccc(Cl)cc12. The minimum Gasteiger partial charge on any atom is -0.463 e. The summed E-state index contributed by atoms with van der Waals surface area (Å²) in [5.41, 5.74) is 1.58. The summed E-state index contributed by atoms with van der Waals surface area (Å²) in [5, 5.41) is 1.52. The van der Waals surface area contributed by atoms with Crippen LogP contribution >= 0.6 is 22.9 Å². The molecule has 0 aliphatic rings. The third-order valence-corrected chi connectivity index (χ3v) is 4.54. The molecule has 0 bridgehead atoms.